The Balaban J connectivity index is 2.20. The Labute approximate surface area is 115 Å². The van der Waals surface area contributed by atoms with Crippen molar-refractivity contribution in [2.24, 2.45) is 0 Å². The van der Waals surface area contributed by atoms with Crippen molar-refractivity contribution >= 4 is 22.4 Å². The number of halogens is 1. The minimum absolute atomic E-state index is 0.197. The molecule has 1 aromatic heterocycles. The molecule has 0 radical (unpaired) electrons. The Bertz CT molecular complexity index is 724. The fourth-order valence-electron chi connectivity index (χ4n) is 1.97. The summed E-state index contributed by atoms with van der Waals surface area (Å²) in [6, 6.07) is 11.9. The van der Waals surface area contributed by atoms with E-state index in [0.717, 1.165) is 16.3 Å². The van der Waals surface area contributed by atoms with E-state index >= 15 is 0 Å². The molecule has 4 nitrogen and oxygen atoms in total. The molecule has 3 aromatic rings. The van der Waals surface area contributed by atoms with Gasteiger partial charge in [0.25, 0.3) is 5.89 Å². The van der Waals surface area contributed by atoms with Crippen LogP contribution in [0.25, 0.3) is 22.2 Å². The van der Waals surface area contributed by atoms with Crippen molar-refractivity contribution in [1.82, 2.24) is 10.2 Å². The molecule has 19 heavy (non-hydrogen) atoms. The lowest BCUT2D eigenvalue weighted by Crippen LogP contribution is -1.89. The maximum absolute atomic E-state index is 5.67. The van der Waals surface area contributed by atoms with Crippen LogP contribution in [0.5, 0.6) is 5.75 Å². The molecule has 0 atom stereocenters. The van der Waals surface area contributed by atoms with Crippen LogP contribution >= 0.6 is 11.6 Å². The fraction of sp³-hybridized carbons (Fsp3) is 0.143. The topological polar surface area (TPSA) is 48.2 Å². The van der Waals surface area contributed by atoms with E-state index in [1.165, 1.54) is 0 Å². The second-order valence-corrected chi connectivity index (χ2v) is 4.30. The third-order valence-electron chi connectivity index (χ3n) is 2.88. The summed E-state index contributed by atoms with van der Waals surface area (Å²) in [6.45, 7) is 0. The zero-order chi connectivity index (χ0) is 13.2. The van der Waals surface area contributed by atoms with Crippen LogP contribution in [-0.2, 0) is 5.88 Å². The van der Waals surface area contributed by atoms with Crippen LogP contribution in [0.3, 0.4) is 0 Å². The van der Waals surface area contributed by atoms with Crippen molar-refractivity contribution in [3.8, 4) is 17.2 Å². The Morgan fingerprint density at radius 1 is 1.16 bits per heavy atom. The molecule has 0 spiro atoms. The molecule has 0 aliphatic carbocycles. The van der Waals surface area contributed by atoms with E-state index in [1.54, 1.807) is 7.11 Å². The van der Waals surface area contributed by atoms with E-state index in [9.17, 15) is 0 Å². The van der Waals surface area contributed by atoms with Crippen molar-refractivity contribution in [2.45, 2.75) is 5.88 Å². The highest BCUT2D eigenvalue weighted by atomic mass is 35.5. The normalized spacial score (nSPS) is 10.8. The number of hydrogen-bond donors (Lipinski definition) is 0. The molecule has 2 aromatic carbocycles. The minimum Gasteiger partial charge on any atom is -0.496 e. The zero-order valence-electron chi connectivity index (χ0n) is 10.3. The molecule has 96 valence electrons. The van der Waals surface area contributed by atoms with Crippen LogP contribution in [0.15, 0.2) is 40.8 Å². The van der Waals surface area contributed by atoms with E-state index in [4.69, 9.17) is 20.8 Å². The van der Waals surface area contributed by atoms with Gasteiger partial charge in [-0.25, -0.2) is 0 Å². The number of fused-ring (bicyclic) bond motifs is 1. The summed E-state index contributed by atoms with van der Waals surface area (Å²) in [5.74, 6) is 1.71. The predicted molar refractivity (Wildman–Crippen MR) is 73.3 cm³/mol. The zero-order valence-corrected chi connectivity index (χ0v) is 11.0. The number of hydrogen-bond acceptors (Lipinski definition) is 4. The smallest absolute Gasteiger partial charge is 0.251 e. The molecular weight excluding hydrogens is 264 g/mol. The molecule has 0 unspecified atom stereocenters. The summed E-state index contributed by atoms with van der Waals surface area (Å²) in [7, 11) is 1.62. The Hall–Kier alpha value is -2.07. The third-order valence-corrected chi connectivity index (χ3v) is 3.11. The second kappa shape index (κ2) is 4.90. The molecule has 0 fully saturated rings. The number of rotatable bonds is 3. The van der Waals surface area contributed by atoms with Gasteiger partial charge in [-0.2, -0.15) is 0 Å². The number of alkyl halides is 1. The van der Waals surface area contributed by atoms with E-state index in [0.29, 0.717) is 17.5 Å². The highest BCUT2D eigenvalue weighted by Crippen LogP contribution is 2.33. The van der Waals surface area contributed by atoms with Gasteiger partial charge in [0.05, 0.1) is 12.7 Å². The van der Waals surface area contributed by atoms with Gasteiger partial charge in [-0.05, 0) is 22.9 Å². The van der Waals surface area contributed by atoms with E-state index in [2.05, 4.69) is 10.2 Å². The number of methoxy groups -OCH3 is 1. The van der Waals surface area contributed by atoms with Crippen LogP contribution in [0.1, 0.15) is 5.89 Å². The van der Waals surface area contributed by atoms with Crippen LogP contribution in [0.4, 0.5) is 0 Å². The van der Waals surface area contributed by atoms with Crippen molar-refractivity contribution in [3.05, 3.63) is 42.3 Å². The van der Waals surface area contributed by atoms with Crippen molar-refractivity contribution < 1.29 is 9.15 Å². The highest BCUT2D eigenvalue weighted by molar-refractivity contribution is 6.16. The van der Waals surface area contributed by atoms with Gasteiger partial charge in [-0.15, -0.1) is 21.8 Å². The van der Waals surface area contributed by atoms with E-state index in [-0.39, 0.29) is 5.88 Å². The largest absolute Gasteiger partial charge is 0.496 e. The highest BCUT2D eigenvalue weighted by Gasteiger charge is 2.14. The van der Waals surface area contributed by atoms with Gasteiger partial charge in [0, 0.05) is 0 Å². The average molecular weight is 275 g/mol. The van der Waals surface area contributed by atoms with Gasteiger partial charge in [-0.1, -0.05) is 24.3 Å². The molecule has 0 saturated heterocycles. The fourth-order valence-corrected chi connectivity index (χ4v) is 2.08. The van der Waals surface area contributed by atoms with Crippen LogP contribution < -0.4 is 4.74 Å². The average Bonchev–Trinajstić information content (AvgIpc) is 2.94. The van der Waals surface area contributed by atoms with Gasteiger partial charge in [0.2, 0.25) is 5.89 Å². The molecule has 1 heterocycles. The lowest BCUT2D eigenvalue weighted by Gasteiger charge is -2.07. The van der Waals surface area contributed by atoms with E-state index in [1.807, 2.05) is 36.4 Å². The molecular formula is C14H11ClN2O2. The van der Waals surface area contributed by atoms with Crippen LogP contribution in [-0.4, -0.2) is 17.3 Å². The number of benzene rings is 2. The maximum Gasteiger partial charge on any atom is 0.251 e. The summed E-state index contributed by atoms with van der Waals surface area (Å²) in [6.07, 6.45) is 0. The SMILES string of the molecule is COc1cc2ccccc2cc1-c1nnc(CCl)o1. The molecule has 0 aliphatic heterocycles. The Morgan fingerprint density at radius 3 is 2.53 bits per heavy atom. The van der Waals surface area contributed by atoms with Gasteiger partial charge in [-0.3, -0.25) is 0 Å². The first-order valence-electron chi connectivity index (χ1n) is 5.77. The predicted octanol–water partition coefficient (Wildman–Crippen LogP) is 3.64. The summed E-state index contributed by atoms with van der Waals surface area (Å²) in [5.41, 5.74) is 0.769. The van der Waals surface area contributed by atoms with Gasteiger partial charge in [0.1, 0.15) is 11.6 Å². The quantitative estimate of drug-likeness (QED) is 0.684. The van der Waals surface area contributed by atoms with Gasteiger partial charge >= 0.3 is 0 Å². The monoisotopic (exact) mass is 274 g/mol. The Morgan fingerprint density at radius 2 is 1.89 bits per heavy atom. The minimum atomic E-state index is 0.197. The lowest BCUT2D eigenvalue weighted by molar-refractivity contribution is 0.414. The molecule has 3 rings (SSSR count). The maximum atomic E-state index is 5.67. The number of nitrogens with zero attached hydrogens (tertiary/aromatic N) is 2. The van der Waals surface area contributed by atoms with E-state index < -0.39 is 0 Å². The van der Waals surface area contributed by atoms with Crippen molar-refractivity contribution in [2.75, 3.05) is 7.11 Å². The van der Waals surface area contributed by atoms with Crippen LogP contribution in [0, 0.1) is 0 Å². The summed E-state index contributed by atoms with van der Waals surface area (Å²) < 4.78 is 10.9. The number of ether oxygens (including phenoxy) is 1. The first-order valence-corrected chi connectivity index (χ1v) is 6.31. The van der Waals surface area contributed by atoms with Crippen LogP contribution in [0.2, 0.25) is 0 Å². The number of aromatic nitrogens is 2. The summed E-state index contributed by atoms with van der Waals surface area (Å²) >= 11 is 5.67. The van der Waals surface area contributed by atoms with Gasteiger partial charge in [0.15, 0.2) is 0 Å². The Kier molecular flexibility index (Phi) is 3.09. The lowest BCUT2D eigenvalue weighted by atomic mass is 10.1. The standard InChI is InChI=1S/C14H11ClN2O2/c1-18-12-7-10-5-3-2-4-9(10)6-11(12)14-17-16-13(8-15)19-14/h2-7H,8H2,1H3. The summed E-state index contributed by atoms with van der Waals surface area (Å²) in [4.78, 5) is 0. The van der Waals surface area contributed by atoms with Gasteiger partial charge < -0.3 is 9.15 Å². The first kappa shape index (κ1) is 12.0. The first-order chi connectivity index (χ1) is 9.31. The second-order valence-electron chi connectivity index (χ2n) is 4.03. The molecule has 0 bridgehead atoms. The summed E-state index contributed by atoms with van der Waals surface area (Å²) in [5, 5.41) is 10.0. The molecule has 0 aliphatic rings. The van der Waals surface area contributed by atoms with Crippen molar-refractivity contribution in [3.63, 3.8) is 0 Å². The molecule has 0 saturated carbocycles. The molecule has 0 amide bonds. The molecule has 5 heteroatoms. The third kappa shape index (κ3) is 2.15. The molecule has 0 N–H and O–H groups in total. The van der Waals surface area contributed by atoms with Crippen molar-refractivity contribution in [1.29, 1.82) is 0 Å².